The highest BCUT2D eigenvalue weighted by atomic mass is 16.3. The average molecular weight is 140 g/mol. The Morgan fingerprint density at radius 2 is 2.20 bits per heavy atom. The second kappa shape index (κ2) is 5.28. The van der Waals surface area contributed by atoms with E-state index >= 15 is 0 Å². The fraction of sp³-hybridized carbons (Fsp3) is 0.667. The van der Waals surface area contributed by atoms with Gasteiger partial charge in [0.2, 0.25) is 0 Å². The van der Waals surface area contributed by atoms with Crippen molar-refractivity contribution < 1.29 is 5.11 Å². The summed E-state index contributed by atoms with van der Waals surface area (Å²) in [4.78, 5) is 0. The van der Waals surface area contributed by atoms with Gasteiger partial charge in [0.05, 0.1) is 6.10 Å². The van der Waals surface area contributed by atoms with Gasteiger partial charge < -0.3 is 5.11 Å². The molecule has 0 rings (SSSR count). The first-order valence-electron chi connectivity index (χ1n) is 3.73. The van der Waals surface area contributed by atoms with Crippen LogP contribution in [0.5, 0.6) is 0 Å². The molecule has 0 heterocycles. The van der Waals surface area contributed by atoms with Gasteiger partial charge in [0.15, 0.2) is 0 Å². The Morgan fingerprint density at radius 1 is 1.60 bits per heavy atom. The van der Waals surface area contributed by atoms with Gasteiger partial charge in [0, 0.05) is 0 Å². The van der Waals surface area contributed by atoms with E-state index in [9.17, 15) is 0 Å². The van der Waals surface area contributed by atoms with Crippen LogP contribution in [0.4, 0.5) is 0 Å². The minimum atomic E-state index is -0.188. The van der Waals surface area contributed by atoms with E-state index in [1.807, 2.05) is 26.8 Å². The summed E-state index contributed by atoms with van der Waals surface area (Å²) in [6, 6.07) is 0. The van der Waals surface area contributed by atoms with E-state index < -0.39 is 0 Å². The molecule has 10 heavy (non-hydrogen) atoms. The van der Waals surface area contributed by atoms with Gasteiger partial charge in [-0.2, -0.15) is 0 Å². The monoisotopic (exact) mass is 140 g/mol. The number of aliphatic hydroxyl groups is 1. The summed E-state index contributed by atoms with van der Waals surface area (Å²) in [5, 5.41) is 9.09. The van der Waals surface area contributed by atoms with Crippen LogP contribution in [0.15, 0.2) is 17.4 Å². The predicted molar refractivity (Wildman–Crippen MR) is 43.9 cm³/mol. The molecule has 0 radical (unpaired) electrons. The number of hydrogen-bond donors (Lipinski definition) is 1. The lowest BCUT2D eigenvalue weighted by molar-refractivity contribution is 0.174. The lowest BCUT2D eigenvalue weighted by atomic mass is 10.2. The van der Waals surface area contributed by atoms with Crippen LogP contribution in [0, 0.1) is 0 Å². The quantitative estimate of drug-likeness (QED) is 0.596. The molecule has 0 amide bonds. The Bertz CT molecular complexity index is 137. The van der Waals surface area contributed by atoms with E-state index in [1.54, 1.807) is 0 Å². The zero-order chi connectivity index (χ0) is 7.98. The third kappa shape index (κ3) is 5.61. The van der Waals surface area contributed by atoms with E-state index in [2.05, 4.69) is 5.73 Å². The largest absolute Gasteiger partial charge is 0.393 e. The van der Waals surface area contributed by atoms with Crippen molar-refractivity contribution in [1.82, 2.24) is 0 Å². The van der Waals surface area contributed by atoms with E-state index in [-0.39, 0.29) is 6.10 Å². The third-order valence-electron chi connectivity index (χ3n) is 1.25. The minimum absolute atomic E-state index is 0.188. The van der Waals surface area contributed by atoms with E-state index in [0.29, 0.717) is 0 Å². The summed E-state index contributed by atoms with van der Waals surface area (Å²) >= 11 is 0. The number of hydrogen-bond acceptors (Lipinski definition) is 1. The molecule has 0 fully saturated rings. The topological polar surface area (TPSA) is 20.2 Å². The van der Waals surface area contributed by atoms with Crippen molar-refractivity contribution in [2.75, 3.05) is 0 Å². The normalized spacial score (nSPS) is 12.0. The van der Waals surface area contributed by atoms with Gasteiger partial charge in [0.1, 0.15) is 0 Å². The first kappa shape index (κ1) is 9.48. The molecule has 1 heteroatoms. The maximum Gasteiger partial charge on any atom is 0.0578 e. The molecule has 0 aliphatic heterocycles. The highest BCUT2D eigenvalue weighted by Gasteiger charge is 1.93. The predicted octanol–water partition coefficient (Wildman–Crippen LogP) is 2.27. The van der Waals surface area contributed by atoms with Crippen molar-refractivity contribution in [2.24, 2.45) is 0 Å². The zero-order valence-electron chi connectivity index (χ0n) is 7.02. The molecule has 0 saturated heterocycles. The number of rotatable bonds is 3. The Kier molecular flexibility index (Phi) is 5.00. The summed E-state index contributed by atoms with van der Waals surface area (Å²) in [6.45, 7) is 5.96. The summed E-state index contributed by atoms with van der Waals surface area (Å²) in [6.07, 6.45) is 3.25. The molecular weight excluding hydrogens is 124 g/mol. The minimum Gasteiger partial charge on any atom is -0.393 e. The summed E-state index contributed by atoms with van der Waals surface area (Å²) < 4.78 is 0. The van der Waals surface area contributed by atoms with Crippen LogP contribution < -0.4 is 0 Å². The van der Waals surface area contributed by atoms with Gasteiger partial charge in [-0.3, -0.25) is 0 Å². The molecule has 0 unspecified atom stereocenters. The van der Waals surface area contributed by atoms with Gasteiger partial charge in [-0.15, -0.1) is 5.73 Å². The summed E-state index contributed by atoms with van der Waals surface area (Å²) in [5.41, 5.74) is 4.20. The second-order valence-corrected chi connectivity index (χ2v) is 2.65. The van der Waals surface area contributed by atoms with Gasteiger partial charge >= 0.3 is 0 Å². The molecule has 0 spiro atoms. The van der Waals surface area contributed by atoms with Crippen LogP contribution in [0.3, 0.4) is 0 Å². The molecule has 0 aromatic carbocycles. The summed E-state index contributed by atoms with van der Waals surface area (Å²) in [5.74, 6) is 0. The summed E-state index contributed by atoms with van der Waals surface area (Å²) in [7, 11) is 0. The third-order valence-corrected chi connectivity index (χ3v) is 1.25. The first-order chi connectivity index (χ1) is 4.66. The van der Waals surface area contributed by atoms with Crippen molar-refractivity contribution in [3.63, 3.8) is 0 Å². The van der Waals surface area contributed by atoms with Crippen LogP contribution in [0.25, 0.3) is 0 Å². The van der Waals surface area contributed by atoms with Gasteiger partial charge in [-0.25, -0.2) is 0 Å². The fourth-order valence-corrected chi connectivity index (χ4v) is 0.566. The Balaban J connectivity index is 3.63. The molecule has 1 atom stereocenters. The van der Waals surface area contributed by atoms with E-state index in [0.717, 1.165) is 18.4 Å². The van der Waals surface area contributed by atoms with Crippen LogP contribution in [0.2, 0.25) is 0 Å². The molecule has 0 aromatic rings. The lowest BCUT2D eigenvalue weighted by Crippen LogP contribution is -2.00. The number of aliphatic hydroxyl groups excluding tert-OH is 1. The maximum absolute atomic E-state index is 9.09. The molecule has 0 aliphatic carbocycles. The molecule has 0 aromatic heterocycles. The van der Waals surface area contributed by atoms with Gasteiger partial charge in [-0.05, 0) is 38.3 Å². The van der Waals surface area contributed by atoms with Crippen LogP contribution in [-0.4, -0.2) is 11.2 Å². The molecule has 0 bridgehead atoms. The molecule has 58 valence electrons. The average Bonchev–Trinajstić information content (AvgIpc) is 1.87. The SMILES string of the molecule is CC[C@@H](O)CC=C=C(C)C. The van der Waals surface area contributed by atoms with Crippen molar-refractivity contribution in [1.29, 1.82) is 0 Å². The van der Waals surface area contributed by atoms with E-state index in [1.165, 1.54) is 0 Å². The fourth-order valence-electron chi connectivity index (χ4n) is 0.566. The molecular formula is C9H16O. The van der Waals surface area contributed by atoms with E-state index in [4.69, 9.17) is 5.11 Å². The highest BCUT2D eigenvalue weighted by Crippen LogP contribution is 1.97. The zero-order valence-corrected chi connectivity index (χ0v) is 7.02. The highest BCUT2D eigenvalue weighted by molar-refractivity contribution is 4.94. The lowest BCUT2D eigenvalue weighted by Gasteiger charge is -1.99. The van der Waals surface area contributed by atoms with Crippen LogP contribution in [0.1, 0.15) is 33.6 Å². The molecule has 1 N–H and O–H groups in total. The van der Waals surface area contributed by atoms with Crippen molar-refractivity contribution in [3.8, 4) is 0 Å². The van der Waals surface area contributed by atoms with Crippen molar-refractivity contribution >= 4 is 0 Å². The van der Waals surface area contributed by atoms with Crippen LogP contribution in [-0.2, 0) is 0 Å². The Morgan fingerprint density at radius 3 is 2.60 bits per heavy atom. The van der Waals surface area contributed by atoms with Gasteiger partial charge in [0.25, 0.3) is 0 Å². The maximum atomic E-state index is 9.09. The Hall–Kier alpha value is -0.520. The van der Waals surface area contributed by atoms with Crippen molar-refractivity contribution in [3.05, 3.63) is 17.4 Å². The van der Waals surface area contributed by atoms with Gasteiger partial charge in [-0.1, -0.05) is 6.92 Å². The molecule has 0 saturated carbocycles. The second-order valence-electron chi connectivity index (χ2n) is 2.65. The molecule has 1 nitrogen and oxygen atoms in total. The Labute approximate surface area is 63.1 Å². The van der Waals surface area contributed by atoms with Crippen molar-refractivity contribution in [2.45, 2.75) is 39.7 Å². The standard InChI is InChI=1S/C9H16O/c1-4-9(10)7-5-6-8(2)3/h5,9-10H,4,7H2,1-3H3/t9-/m1/s1. The van der Waals surface area contributed by atoms with Crippen LogP contribution >= 0.6 is 0 Å². The molecule has 0 aliphatic rings. The first-order valence-corrected chi connectivity index (χ1v) is 3.73. The smallest absolute Gasteiger partial charge is 0.0578 e.